The number of carbonyl (C=O) groups is 2. The molecular weight excluding hydrogens is 302 g/mol. The van der Waals surface area contributed by atoms with Gasteiger partial charge in [0, 0.05) is 11.9 Å². The second-order valence-electron chi connectivity index (χ2n) is 5.04. The minimum absolute atomic E-state index is 0.0736. The van der Waals surface area contributed by atoms with E-state index >= 15 is 0 Å². The molecule has 0 spiro atoms. The van der Waals surface area contributed by atoms with Gasteiger partial charge in [0.2, 0.25) is 5.91 Å². The Labute approximate surface area is 132 Å². The number of fused-ring (bicyclic) bond motifs is 1. The maximum atomic E-state index is 12.0. The van der Waals surface area contributed by atoms with Gasteiger partial charge in [-0.25, -0.2) is 9.78 Å². The summed E-state index contributed by atoms with van der Waals surface area (Å²) >= 11 is 1.55. The summed E-state index contributed by atoms with van der Waals surface area (Å²) in [4.78, 5) is 27.5. The number of hydrogen-bond acceptors (Lipinski definition) is 4. The van der Waals surface area contributed by atoms with Crippen molar-refractivity contribution >= 4 is 29.3 Å². The van der Waals surface area contributed by atoms with Crippen LogP contribution in [0.1, 0.15) is 17.8 Å². The molecule has 0 saturated carbocycles. The zero-order valence-corrected chi connectivity index (χ0v) is 13.4. The van der Waals surface area contributed by atoms with E-state index in [1.807, 2.05) is 42.0 Å². The highest BCUT2D eigenvalue weighted by atomic mass is 32.2. The van der Waals surface area contributed by atoms with E-state index in [0.717, 1.165) is 11.3 Å². The molecule has 0 aliphatic heterocycles. The number of nitrogens with one attached hydrogen (secondary N) is 1. The third kappa shape index (κ3) is 4.00. The summed E-state index contributed by atoms with van der Waals surface area (Å²) in [5.74, 6) is -0.645. The van der Waals surface area contributed by atoms with Crippen LogP contribution in [0.25, 0.3) is 5.65 Å². The minimum atomic E-state index is -1.01. The fourth-order valence-electron chi connectivity index (χ4n) is 2.19. The van der Waals surface area contributed by atoms with Crippen LogP contribution in [0.2, 0.25) is 0 Å². The number of aryl methyl sites for hydroxylation is 1. The van der Waals surface area contributed by atoms with Crippen molar-refractivity contribution in [2.24, 2.45) is 0 Å². The molecule has 2 aromatic heterocycles. The van der Waals surface area contributed by atoms with Gasteiger partial charge in [-0.15, -0.1) is 0 Å². The van der Waals surface area contributed by atoms with Crippen LogP contribution in [0.4, 0.5) is 0 Å². The summed E-state index contributed by atoms with van der Waals surface area (Å²) in [6, 6.07) is 4.89. The van der Waals surface area contributed by atoms with Gasteiger partial charge in [0.15, 0.2) is 0 Å². The van der Waals surface area contributed by atoms with Gasteiger partial charge in [-0.05, 0) is 37.5 Å². The van der Waals surface area contributed by atoms with E-state index in [4.69, 9.17) is 5.11 Å². The van der Waals surface area contributed by atoms with E-state index in [0.29, 0.717) is 17.9 Å². The van der Waals surface area contributed by atoms with Crippen LogP contribution in [-0.4, -0.2) is 44.4 Å². The molecule has 1 amide bonds. The summed E-state index contributed by atoms with van der Waals surface area (Å²) in [6.07, 6.45) is 4.19. The average molecular weight is 321 g/mol. The van der Waals surface area contributed by atoms with Crippen LogP contribution in [-0.2, 0) is 16.0 Å². The van der Waals surface area contributed by atoms with E-state index < -0.39 is 12.0 Å². The lowest BCUT2D eigenvalue weighted by Gasteiger charge is -2.13. The Morgan fingerprint density at radius 2 is 2.23 bits per heavy atom. The normalized spacial score (nSPS) is 12.3. The number of thioether (sulfide) groups is 1. The molecule has 6 nitrogen and oxygen atoms in total. The largest absolute Gasteiger partial charge is 0.480 e. The molecule has 2 heterocycles. The molecule has 0 bridgehead atoms. The van der Waals surface area contributed by atoms with Gasteiger partial charge < -0.3 is 14.8 Å². The highest BCUT2D eigenvalue weighted by molar-refractivity contribution is 7.98. The lowest BCUT2D eigenvalue weighted by molar-refractivity contribution is -0.141. The number of aromatic nitrogens is 2. The predicted octanol–water partition coefficient (Wildman–Crippen LogP) is 1.51. The molecule has 2 rings (SSSR count). The molecular formula is C15H19N3O3S. The number of carboxylic acids is 1. The predicted molar refractivity (Wildman–Crippen MR) is 86.2 cm³/mol. The zero-order chi connectivity index (χ0) is 16.1. The van der Waals surface area contributed by atoms with Crippen molar-refractivity contribution < 1.29 is 14.7 Å². The Kier molecular flexibility index (Phi) is 5.43. The third-order valence-corrected chi connectivity index (χ3v) is 3.98. The summed E-state index contributed by atoms with van der Waals surface area (Å²) in [7, 11) is 0. The SMILES string of the molecule is CSCCC(NC(=O)Cc1cn2c(C)cccc2n1)C(=O)O. The van der Waals surface area contributed by atoms with Gasteiger partial charge in [-0.2, -0.15) is 11.8 Å². The number of amides is 1. The van der Waals surface area contributed by atoms with Crippen LogP contribution < -0.4 is 5.32 Å². The average Bonchev–Trinajstić information content (AvgIpc) is 2.87. The van der Waals surface area contributed by atoms with E-state index in [1.165, 1.54) is 0 Å². The molecule has 118 valence electrons. The van der Waals surface area contributed by atoms with Crippen molar-refractivity contribution in [1.82, 2.24) is 14.7 Å². The van der Waals surface area contributed by atoms with E-state index in [-0.39, 0.29) is 12.3 Å². The Morgan fingerprint density at radius 1 is 1.45 bits per heavy atom. The summed E-state index contributed by atoms with van der Waals surface area (Å²) < 4.78 is 1.91. The Bertz CT molecular complexity index is 684. The van der Waals surface area contributed by atoms with Gasteiger partial charge in [-0.1, -0.05) is 6.07 Å². The molecule has 0 aliphatic rings. The molecule has 0 saturated heterocycles. The lowest BCUT2D eigenvalue weighted by atomic mass is 10.2. The Morgan fingerprint density at radius 3 is 2.86 bits per heavy atom. The van der Waals surface area contributed by atoms with Crippen LogP contribution in [0, 0.1) is 6.92 Å². The fraction of sp³-hybridized carbons (Fsp3) is 0.400. The highest BCUT2D eigenvalue weighted by Gasteiger charge is 2.20. The van der Waals surface area contributed by atoms with E-state index in [1.54, 1.807) is 11.8 Å². The molecule has 22 heavy (non-hydrogen) atoms. The van der Waals surface area contributed by atoms with Crippen LogP contribution in [0.3, 0.4) is 0 Å². The standard InChI is InChI=1S/C15H19N3O3S/c1-10-4-3-5-13-16-11(9-18(10)13)8-14(19)17-12(15(20)21)6-7-22-2/h3-5,9,12H,6-8H2,1-2H3,(H,17,19)(H,20,21). The van der Waals surface area contributed by atoms with Crippen molar-refractivity contribution in [3.05, 3.63) is 35.8 Å². The molecule has 0 aromatic carbocycles. The molecule has 1 atom stereocenters. The molecule has 2 N–H and O–H groups in total. The second-order valence-corrected chi connectivity index (χ2v) is 6.03. The first kappa shape index (κ1) is 16.4. The number of hydrogen-bond donors (Lipinski definition) is 2. The minimum Gasteiger partial charge on any atom is -0.480 e. The lowest BCUT2D eigenvalue weighted by Crippen LogP contribution is -2.41. The van der Waals surface area contributed by atoms with Gasteiger partial charge in [0.1, 0.15) is 11.7 Å². The van der Waals surface area contributed by atoms with Crippen LogP contribution in [0.5, 0.6) is 0 Å². The topological polar surface area (TPSA) is 83.7 Å². The zero-order valence-electron chi connectivity index (χ0n) is 12.6. The van der Waals surface area contributed by atoms with Crippen molar-refractivity contribution in [2.45, 2.75) is 25.8 Å². The molecule has 7 heteroatoms. The molecule has 0 aliphatic carbocycles. The number of aliphatic carboxylic acids is 1. The van der Waals surface area contributed by atoms with Gasteiger partial charge in [0.05, 0.1) is 12.1 Å². The monoisotopic (exact) mass is 321 g/mol. The Balaban J connectivity index is 2.03. The molecule has 0 fully saturated rings. The van der Waals surface area contributed by atoms with E-state index in [2.05, 4.69) is 10.3 Å². The van der Waals surface area contributed by atoms with Gasteiger partial charge >= 0.3 is 5.97 Å². The van der Waals surface area contributed by atoms with Crippen molar-refractivity contribution in [3.8, 4) is 0 Å². The van der Waals surface area contributed by atoms with Crippen molar-refractivity contribution in [3.63, 3.8) is 0 Å². The molecule has 1 unspecified atom stereocenters. The van der Waals surface area contributed by atoms with E-state index in [9.17, 15) is 9.59 Å². The first-order valence-electron chi connectivity index (χ1n) is 6.96. The number of nitrogens with zero attached hydrogens (tertiary/aromatic N) is 2. The van der Waals surface area contributed by atoms with Gasteiger partial charge in [0.25, 0.3) is 0 Å². The quantitative estimate of drug-likeness (QED) is 0.807. The number of rotatable bonds is 7. The summed E-state index contributed by atoms with van der Waals surface area (Å²) in [5, 5.41) is 11.7. The third-order valence-electron chi connectivity index (χ3n) is 3.33. The van der Waals surface area contributed by atoms with Crippen LogP contribution in [0.15, 0.2) is 24.4 Å². The maximum Gasteiger partial charge on any atom is 0.326 e. The van der Waals surface area contributed by atoms with Gasteiger partial charge in [-0.3, -0.25) is 4.79 Å². The second kappa shape index (κ2) is 7.31. The first-order valence-corrected chi connectivity index (χ1v) is 8.35. The Hall–Kier alpha value is -2.02. The fourth-order valence-corrected chi connectivity index (χ4v) is 2.66. The number of carboxylic acid groups (broad SMARTS) is 1. The first-order chi connectivity index (χ1) is 10.5. The summed E-state index contributed by atoms with van der Waals surface area (Å²) in [6.45, 7) is 1.96. The van der Waals surface area contributed by atoms with Crippen LogP contribution >= 0.6 is 11.8 Å². The molecule has 2 aromatic rings. The number of carbonyl (C=O) groups excluding carboxylic acids is 1. The molecule has 0 radical (unpaired) electrons. The maximum absolute atomic E-state index is 12.0. The van der Waals surface area contributed by atoms with Crippen molar-refractivity contribution in [2.75, 3.05) is 12.0 Å². The smallest absolute Gasteiger partial charge is 0.326 e. The number of pyridine rings is 1. The van der Waals surface area contributed by atoms with Crippen molar-refractivity contribution in [1.29, 1.82) is 0 Å². The number of imidazole rings is 1. The summed E-state index contributed by atoms with van der Waals surface area (Å²) in [5.41, 5.74) is 2.43. The highest BCUT2D eigenvalue weighted by Crippen LogP contribution is 2.09.